The normalized spacial score (nSPS) is 10.2. The van der Waals surface area contributed by atoms with Gasteiger partial charge in [-0.1, -0.05) is 12.1 Å². The first-order valence-corrected chi connectivity index (χ1v) is 5.75. The predicted molar refractivity (Wildman–Crippen MR) is 71.5 cm³/mol. The van der Waals surface area contributed by atoms with Crippen LogP contribution < -0.4 is 10.2 Å². The van der Waals surface area contributed by atoms with E-state index in [0.717, 1.165) is 18.8 Å². The number of hydrogen-bond acceptors (Lipinski definition) is 3. The van der Waals surface area contributed by atoms with Gasteiger partial charge in [0.25, 0.3) is 0 Å². The molecule has 4 heteroatoms. The molecule has 0 atom stereocenters. The number of nitrogens with one attached hydrogen (secondary N) is 1. The number of aromatic nitrogens is 2. The number of hydrogen-bond donors (Lipinski definition) is 1. The zero-order chi connectivity index (χ0) is 12.1. The van der Waals surface area contributed by atoms with E-state index in [4.69, 9.17) is 0 Å². The summed E-state index contributed by atoms with van der Waals surface area (Å²) < 4.78 is 1.92. The minimum atomic E-state index is 0.868. The number of para-hydroxylation sites is 2. The zero-order valence-electron chi connectivity index (χ0n) is 10.3. The Bertz CT molecular complexity index is 448. The van der Waals surface area contributed by atoms with Gasteiger partial charge < -0.3 is 10.2 Å². The smallest absolute Gasteiger partial charge is 0.0596 e. The van der Waals surface area contributed by atoms with Crippen LogP contribution in [0, 0.1) is 0 Å². The molecular weight excluding hydrogens is 212 g/mol. The second-order valence-electron chi connectivity index (χ2n) is 4.11. The molecule has 0 unspecified atom stereocenters. The Morgan fingerprint density at radius 2 is 2.06 bits per heavy atom. The highest BCUT2D eigenvalue weighted by atomic mass is 15.3. The van der Waals surface area contributed by atoms with Gasteiger partial charge in [0.2, 0.25) is 0 Å². The fourth-order valence-corrected chi connectivity index (χ4v) is 1.75. The summed E-state index contributed by atoms with van der Waals surface area (Å²) in [5.41, 5.74) is 2.36. The molecule has 0 saturated heterocycles. The number of rotatable bonds is 5. The van der Waals surface area contributed by atoms with Crippen LogP contribution in [0.15, 0.2) is 42.7 Å². The highest BCUT2D eigenvalue weighted by molar-refractivity contribution is 5.69. The van der Waals surface area contributed by atoms with Gasteiger partial charge in [-0.3, -0.25) is 4.68 Å². The Kier molecular flexibility index (Phi) is 3.65. The number of benzene rings is 1. The van der Waals surface area contributed by atoms with E-state index in [1.54, 1.807) is 6.20 Å². The molecule has 0 radical (unpaired) electrons. The first kappa shape index (κ1) is 11.5. The van der Waals surface area contributed by atoms with Crippen LogP contribution in [0.3, 0.4) is 0 Å². The van der Waals surface area contributed by atoms with Gasteiger partial charge in [0.15, 0.2) is 0 Å². The maximum absolute atomic E-state index is 4.17. The first-order valence-electron chi connectivity index (χ1n) is 5.75. The molecule has 0 amide bonds. The van der Waals surface area contributed by atoms with Crippen molar-refractivity contribution in [1.82, 2.24) is 9.78 Å². The maximum Gasteiger partial charge on any atom is 0.0596 e. The largest absolute Gasteiger partial charge is 0.382 e. The van der Waals surface area contributed by atoms with Gasteiger partial charge in [-0.2, -0.15) is 5.10 Å². The van der Waals surface area contributed by atoms with Crippen molar-refractivity contribution in [2.45, 2.75) is 6.54 Å². The lowest BCUT2D eigenvalue weighted by molar-refractivity contribution is 0.638. The SMILES string of the molecule is CN(C)c1ccccc1NCCn1cccn1. The average molecular weight is 230 g/mol. The summed E-state index contributed by atoms with van der Waals surface area (Å²) in [6, 6.07) is 10.2. The van der Waals surface area contributed by atoms with Gasteiger partial charge >= 0.3 is 0 Å². The lowest BCUT2D eigenvalue weighted by Crippen LogP contribution is -2.15. The third-order valence-corrected chi connectivity index (χ3v) is 2.60. The molecule has 0 spiro atoms. The molecule has 90 valence electrons. The van der Waals surface area contributed by atoms with E-state index in [9.17, 15) is 0 Å². The van der Waals surface area contributed by atoms with E-state index in [0.29, 0.717) is 0 Å². The van der Waals surface area contributed by atoms with Gasteiger partial charge in [0, 0.05) is 33.0 Å². The molecule has 1 heterocycles. The third-order valence-electron chi connectivity index (χ3n) is 2.60. The van der Waals surface area contributed by atoms with E-state index in [1.165, 1.54) is 5.69 Å². The van der Waals surface area contributed by atoms with Crippen LogP contribution >= 0.6 is 0 Å². The van der Waals surface area contributed by atoms with Crippen molar-refractivity contribution in [3.8, 4) is 0 Å². The molecule has 0 aliphatic carbocycles. The van der Waals surface area contributed by atoms with Gasteiger partial charge in [-0.25, -0.2) is 0 Å². The molecule has 0 saturated carbocycles. The monoisotopic (exact) mass is 230 g/mol. The van der Waals surface area contributed by atoms with Crippen LogP contribution in [0.2, 0.25) is 0 Å². The molecule has 2 rings (SSSR count). The van der Waals surface area contributed by atoms with E-state index in [1.807, 2.05) is 43.2 Å². The maximum atomic E-state index is 4.17. The Hall–Kier alpha value is -1.97. The Labute approximate surface area is 102 Å². The summed E-state index contributed by atoms with van der Waals surface area (Å²) in [5, 5.41) is 7.60. The summed E-state index contributed by atoms with van der Waals surface area (Å²) in [7, 11) is 4.10. The summed E-state index contributed by atoms with van der Waals surface area (Å²) in [4.78, 5) is 2.11. The second-order valence-corrected chi connectivity index (χ2v) is 4.11. The summed E-state index contributed by atoms with van der Waals surface area (Å²) in [6.45, 7) is 1.74. The van der Waals surface area contributed by atoms with Crippen molar-refractivity contribution < 1.29 is 0 Å². The van der Waals surface area contributed by atoms with Crippen LogP contribution in [0.25, 0.3) is 0 Å². The standard InChI is InChI=1S/C13H18N4/c1-16(2)13-7-4-3-6-12(13)14-9-11-17-10-5-8-15-17/h3-8,10,14H,9,11H2,1-2H3. The highest BCUT2D eigenvalue weighted by Gasteiger charge is 2.02. The molecule has 17 heavy (non-hydrogen) atoms. The van der Waals surface area contributed by atoms with Crippen molar-refractivity contribution in [2.24, 2.45) is 0 Å². The number of nitrogens with zero attached hydrogens (tertiary/aromatic N) is 3. The highest BCUT2D eigenvalue weighted by Crippen LogP contribution is 2.22. The van der Waals surface area contributed by atoms with E-state index < -0.39 is 0 Å². The van der Waals surface area contributed by atoms with Crippen molar-refractivity contribution in [1.29, 1.82) is 0 Å². The molecule has 2 aromatic rings. The molecule has 0 fully saturated rings. The van der Waals surface area contributed by atoms with Gasteiger partial charge in [-0.15, -0.1) is 0 Å². The minimum Gasteiger partial charge on any atom is -0.382 e. The molecule has 0 aliphatic rings. The number of anilines is 2. The Morgan fingerprint density at radius 3 is 2.76 bits per heavy atom. The molecule has 1 N–H and O–H groups in total. The molecule has 4 nitrogen and oxygen atoms in total. The second kappa shape index (κ2) is 5.39. The quantitative estimate of drug-likeness (QED) is 0.853. The summed E-state index contributed by atoms with van der Waals surface area (Å²) in [6.07, 6.45) is 3.77. The lowest BCUT2D eigenvalue weighted by atomic mass is 10.2. The fraction of sp³-hybridized carbons (Fsp3) is 0.308. The van der Waals surface area contributed by atoms with Crippen LogP contribution in [0.4, 0.5) is 11.4 Å². The van der Waals surface area contributed by atoms with E-state index in [2.05, 4.69) is 27.4 Å². The van der Waals surface area contributed by atoms with E-state index in [-0.39, 0.29) is 0 Å². The lowest BCUT2D eigenvalue weighted by Gasteiger charge is -2.18. The summed E-state index contributed by atoms with van der Waals surface area (Å²) >= 11 is 0. The minimum absolute atomic E-state index is 0.868. The van der Waals surface area contributed by atoms with Crippen LogP contribution in [-0.4, -0.2) is 30.4 Å². The van der Waals surface area contributed by atoms with Crippen molar-refractivity contribution in [2.75, 3.05) is 30.9 Å². The van der Waals surface area contributed by atoms with Crippen molar-refractivity contribution in [3.63, 3.8) is 0 Å². The Morgan fingerprint density at radius 1 is 1.24 bits per heavy atom. The van der Waals surface area contributed by atoms with Crippen molar-refractivity contribution in [3.05, 3.63) is 42.7 Å². The van der Waals surface area contributed by atoms with Crippen LogP contribution in [0.1, 0.15) is 0 Å². The first-order chi connectivity index (χ1) is 8.27. The van der Waals surface area contributed by atoms with Gasteiger partial charge in [-0.05, 0) is 18.2 Å². The van der Waals surface area contributed by atoms with Gasteiger partial charge in [0.1, 0.15) is 0 Å². The predicted octanol–water partition coefficient (Wildman–Crippen LogP) is 2.06. The zero-order valence-corrected chi connectivity index (χ0v) is 10.3. The van der Waals surface area contributed by atoms with Crippen LogP contribution in [0.5, 0.6) is 0 Å². The molecule has 0 aliphatic heterocycles. The van der Waals surface area contributed by atoms with Gasteiger partial charge in [0.05, 0.1) is 17.9 Å². The topological polar surface area (TPSA) is 33.1 Å². The van der Waals surface area contributed by atoms with Crippen LogP contribution in [-0.2, 0) is 6.54 Å². The molecule has 1 aromatic heterocycles. The molecular formula is C13H18N4. The van der Waals surface area contributed by atoms with Crippen molar-refractivity contribution >= 4 is 11.4 Å². The molecule has 1 aromatic carbocycles. The van der Waals surface area contributed by atoms with E-state index >= 15 is 0 Å². The third kappa shape index (κ3) is 3.00. The average Bonchev–Trinajstić information content (AvgIpc) is 2.82. The fourth-order valence-electron chi connectivity index (χ4n) is 1.75. The Balaban J connectivity index is 1.94. The summed E-state index contributed by atoms with van der Waals surface area (Å²) in [5.74, 6) is 0. The molecule has 0 bridgehead atoms.